The van der Waals surface area contributed by atoms with Crippen LogP contribution in [0.15, 0.2) is 54.6 Å². The summed E-state index contributed by atoms with van der Waals surface area (Å²) in [4.78, 5) is 35.8. The van der Waals surface area contributed by atoms with Crippen molar-refractivity contribution in [2.75, 3.05) is 5.32 Å². The predicted molar refractivity (Wildman–Crippen MR) is 99.5 cm³/mol. The highest BCUT2D eigenvalue weighted by atomic mass is 16.6. The Bertz CT molecular complexity index is 1170. The Balaban J connectivity index is 1.84. The number of anilines is 2. The van der Waals surface area contributed by atoms with Crippen molar-refractivity contribution in [1.29, 1.82) is 0 Å². The van der Waals surface area contributed by atoms with Crippen LogP contribution in [0.5, 0.6) is 11.5 Å². The molecule has 0 atom stereocenters. The van der Waals surface area contributed by atoms with Gasteiger partial charge >= 0.3 is 5.69 Å². The maximum Gasteiger partial charge on any atom is 0.315 e. The fourth-order valence-electron chi connectivity index (χ4n) is 3.20. The molecule has 28 heavy (non-hydrogen) atoms. The van der Waals surface area contributed by atoms with E-state index in [1.165, 1.54) is 12.1 Å². The van der Waals surface area contributed by atoms with Gasteiger partial charge in [-0.2, -0.15) is 0 Å². The smallest absolute Gasteiger partial charge is 0.315 e. The summed E-state index contributed by atoms with van der Waals surface area (Å²) < 4.78 is 0. The van der Waals surface area contributed by atoms with Crippen LogP contribution in [-0.4, -0.2) is 26.7 Å². The van der Waals surface area contributed by atoms with Gasteiger partial charge < -0.3 is 15.5 Å². The Morgan fingerprint density at radius 3 is 2.18 bits per heavy atom. The minimum Gasteiger partial charge on any atom is -0.507 e. The number of phenols is 2. The van der Waals surface area contributed by atoms with Crippen LogP contribution in [0.1, 0.15) is 31.8 Å². The molecular formula is C20H12N2O6. The highest BCUT2D eigenvalue weighted by Crippen LogP contribution is 2.43. The lowest BCUT2D eigenvalue weighted by atomic mass is 9.82. The second kappa shape index (κ2) is 6.20. The largest absolute Gasteiger partial charge is 0.507 e. The summed E-state index contributed by atoms with van der Waals surface area (Å²) in [5.41, 5.74) is -0.518. The van der Waals surface area contributed by atoms with Crippen molar-refractivity contribution >= 4 is 28.6 Å². The van der Waals surface area contributed by atoms with Gasteiger partial charge in [-0.3, -0.25) is 19.7 Å². The number of benzene rings is 3. The first-order chi connectivity index (χ1) is 13.4. The Morgan fingerprint density at radius 2 is 1.50 bits per heavy atom. The number of hydrogen-bond donors (Lipinski definition) is 3. The van der Waals surface area contributed by atoms with E-state index in [1.54, 1.807) is 6.07 Å². The van der Waals surface area contributed by atoms with Crippen molar-refractivity contribution in [2.24, 2.45) is 0 Å². The molecule has 8 heteroatoms. The lowest BCUT2D eigenvalue weighted by Crippen LogP contribution is -2.21. The average Bonchev–Trinajstić information content (AvgIpc) is 2.68. The van der Waals surface area contributed by atoms with Gasteiger partial charge in [0.05, 0.1) is 22.1 Å². The van der Waals surface area contributed by atoms with Gasteiger partial charge in [0.25, 0.3) is 0 Å². The zero-order chi connectivity index (χ0) is 20.0. The number of fused-ring (bicyclic) bond motifs is 2. The average molecular weight is 376 g/mol. The number of nitro benzene ring substituents is 1. The van der Waals surface area contributed by atoms with Gasteiger partial charge in [0.1, 0.15) is 5.75 Å². The number of carbonyl (C=O) groups is 2. The van der Waals surface area contributed by atoms with Gasteiger partial charge in [-0.25, -0.2) is 0 Å². The second-order valence-electron chi connectivity index (χ2n) is 6.18. The van der Waals surface area contributed by atoms with Crippen LogP contribution in [0.25, 0.3) is 0 Å². The van der Waals surface area contributed by atoms with E-state index >= 15 is 0 Å². The molecule has 0 unspecified atom stereocenters. The van der Waals surface area contributed by atoms with Crippen LogP contribution in [0.4, 0.5) is 17.1 Å². The van der Waals surface area contributed by atoms with E-state index in [0.29, 0.717) is 11.8 Å². The van der Waals surface area contributed by atoms with Crippen molar-refractivity contribution in [3.63, 3.8) is 0 Å². The van der Waals surface area contributed by atoms with Gasteiger partial charge in [0.2, 0.25) is 5.75 Å². The van der Waals surface area contributed by atoms with Gasteiger partial charge in [-0.15, -0.1) is 0 Å². The molecule has 3 N–H and O–H groups in total. The molecule has 4 rings (SSSR count). The highest BCUT2D eigenvalue weighted by molar-refractivity contribution is 6.30. The van der Waals surface area contributed by atoms with E-state index in [2.05, 4.69) is 5.32 Å². The minimum atomic E-state index is -0.937. The summed E-state index contributed by atoms with van der Waals surface area (Å²) in [6.07, 6.45) is 0. The molecule has 0 fully saturated rings. The summed E-state index contributed by atoms with van der Waals surface area (Å²) in [5, 5.41) is 34.4. The summed E-state index contributed by atoms with van der Waals surface area (Å²) in [6, 6.07) is 14.3. The van der Waals surface area contributed by atoms with E-state index in [-0.39, 0.29) is 11.1 Å². The predicted octanol–water partition coefficient (Wildman–Crippen LogP) is 3.53. The Hall–Kier alpha value is -4.20. The standard InChI is InChI=1S/C20H12N2O6/c23-15-9-14(22(27)28)20(26)17-16(15)19(25)13-8-11(6-7-12(13)18(17)24)21-10-4-2-1-3-5-10/h1-9,21,23,26H. The van der Waals surface area contributed by atoms with Crippen molar-refractivity contribution in [3.8, 4) is 11.5 Å². The van der Waals surface area contributed by atoms with E-state index < -0.39 is 44.8 Å². The van der Waals surface area contributed by atoms with Gasteiger partial charge in [-0.1, -0.05) is 18.2 Å². The molecule has 0 spiro atoms. The summed E-state index contributed by atoms with van der Waals surface area (Å²) in [5.74, 6) is -3.14. The third-order valence-electron chi connectivity index (χ3n) is 4.48. The quantitative estimate of drug-likeness (QED) is 0.283. The first-order valence-corrected chi connectivity index (χ1v) is 8.17. The molecule has 138 valence electrons. The zero-order valence-corrected chi connectivity index (χ0v) is 14.2. The molecule has 0 amide bonds. The fourth-order valence-corrected chi connectivity index (χ4v) is 3.20. The van der Waals surface area contributed by atoms with E-state index in [0.717, 1.165) is 5.69 Å². The highest BCUT2D eigenvalue weighted by Gasteiger charge is 2.38. The number of rotatable bonds is 3. The van der Waals surface area contributed by atoms with Crippen LogP contribution in [0, 0.1) is 10.1 Å². The van der Waals surface area contributed by atoms with Crippen LogP contribution < -0.4 is 5.32 Å². The molecule has 3 aromatic rings. The summed E-state index contributed by atoms with van der Waals surface area (Å²) in [6.45, 7) is 0. The van der Waals surface area contributed by atoms with Crippen LogP contribution in [0.3, 0.4) is 0 Å². The molecule has 0 saturated carbocycles. The van der Waals surface area contributed by atoms with E-state index in [1.807, 2.05) is 30.3 Å². The third-order valence-corrected chi connectivity index (χ3v) is 4.48. The van der Waals surface area contributed by atoms with Gasteiger partial charge in [0, 0.05) is 22.5 Å². The Labute approximate surface area is 157 Å². The number of phenolic OH excluding ortho intramolecular Hbond substituents is 2. The number of nitrogens with one attached hydrogen (secondary N) is 1. The molecule has 0 radical (unpaired) electrons. The van der Waals surface area contributed by atoms with Crippen molar-refractivity contribution in [1.82, 2.24) is 0 Å². The number of para-hydroxylation sites is 1. The maximum absolute atomic E-state index is 12.9. The van der Waals surface area contributed by atoms with E-state index in [9.17, 15) is 29.9 Å². The number of aromatic hydroxyl groups is 2. The van der Waals surface area contributed by atoms with Crippen molar-refractivity contribution < 1.29 is 24.7 Å². The number of nitrogens with zero attached hydrogens (tertiary/aromatic N) is 1. The topological polar surface area (TPSA) is 130 Å². The van der Waals surface area contributed by atoms with Crippen molar-refractivity contribution in [2.45, 2.75) is 0 Å². The van der Waals surface area contributed by atoms with E-state index in [4.69, 9.17) is 0 Å². The molecule has 1 aliphatic carbocycles. The van der Waals surface area contributed by atoms with Crippen LogP contribution in [-0.2, 0) is 0 Å². The molecule has 0 saturated heterocycles. The zero-order valence-electron chi connectivity index (χ0n) is 14.2. The summed E-state index contributed by atoms with van der Waals surface area (Å²) >= 11 is 0. The van der Waals surface area contributed by atoms with Crippen LogP contribution in [0.2, 0.25) is 0 Å². The molecule has 1 aliphatic rings. The Morgan fingerprint density at radius 1 is 0.821 bits per heavy atom. The lowest BCUT2D eigenvalue weighted by Gasteiger charge is -2.20. The first-order valence-electron chi connectivity index (χ1n) is 8.17. The number of nitro groups is 1. The Kier molecular flexibility index (Phi) is 3.82. The first kappa shape index (κ1) is 17.2. The maximum atomic E-state index is 12.9. The SMILES string of the molecule is O=C1c2cc(Nc3ccccc3)ccc2C(=O)c2c(O)c([N+](=O)[O-])cc(O)c21. The summed E-state index contributed by atoms with van der Waals surface area (Å²) in [7, 11) is 0. The number of carbonyl (C=O) groups excluding carboxylic acids is 2. The monoisotopic (exact) mass is 376 g/mol. The molecule has 0 aromatic heterocycles. The van der Waals surface area contributed by atoms with Gasteiger partial charge in [0.15, 0.2) is 11.6 Å². The lowest BCUT2D eigenvalue weighted by molar-refractivity contribution is -0.386. The number of hydrogen-bond acceptors (Lipinski definition) is 7. The fraction of sp³-hybridized carbons (Fsp3) is 0. The third kappa shape index (κ3) is 2.55. The molecule has 3 aromatic carbocycles. The van der Waals surface area contributed by atoms with Gasteiger partial charge in [-0.05, 0) is 30.3 Å². The number of ketones is 2. The molecule has 0 bridgehead atoms. The molecule has 8 nitrogen and oxygen atoms in total. The second-order valence-corrected chi connectivity index (χ2v) is 6.18. The van der Waals surface area contributed by atoms with Crippen LogP contribution >= 0.6 is 0 Å². The molecule has 0 aliphatic heterocycles. The van der Waals surface area contributed by atoms with Crippen molar-refractivity contribution in [3.05, 3.63) is 87.0 Å². The molecular weight excluding hydrogens is 364 g/mol. The minimum absolute atomic E-state index is 0.00805. The normalized spacial score (nSPS) is 12.3. The molecule has 0 heterocycles.